The summed E-state index contributed by atoms with van der Waals surface area (Å²) in [5.74, 6) is -2.35. The fourth-order valence-corrected chi connectivity index (χ4v) is 6.66. The van der Waals surface area contributed by atoms with Gasteiger partial charge in [-0.3, -0.25) is 9.59 Å². The van der Waals surface area contributed by atoms with Crippen molar-refractivity contribution < 1.29 is 36.6 Å². The van der Waals surface area contributed by atoms with Crippen molar-refractivity contribution >= 4 is 11.8 Å². The Bertz CT molecular complexity index is 1560. The Kier molecular flexibility index (Phi) is 10.4. The number of nitrogens with one attached hydrogen (secondary N) is 2. The van der Waals surface area contributed by atoms with Gasteiger partial charge in [0.1, 0.15) is 23.0 Å². The molecule has 0 radical (unpaired) electrons. The van der Waals surface area contributed by atoms with Gasteiger partial charge < -0.3 is 25.2 Å². The second-order valence-electron chi connectivity index (χ2n) is 12.7. The first kappa shape index (κ1) is 34.6. The molecule has 1 aliphatic heterocycles. The molecule has 1 fully saturated rings. The monoisotopic (exact) mass is 660 g/mol. The first-order valence-electron chi connectivity index (χ1n) is 16.2. The molecule has 47 heavy (non-hydrogen) atoms. The van der Waals surface area contributed by atoms with Crippen molar-refractivity contribution in [1.29, 1.82) is 0 Å². The molecule has 2 aromatic carbocycles. The van der Waals surface area contributed by atoms with Crippen LogP contribution >= 0.6 is 0 Å². The molecule has 3 aromatic rings. The summed E-state index contributed by atoms with van der Waals surface area (Å²) in [4.78, 5) is 29.0. The van der Waals surface area contributed by atoms with E-state index in [1.54, 1.807) is 22.8 Å². The number of hydrogen-bond donors (Lipinski definition) is 3. The lowest BCUT2D eigenvalue weighted by Crippen LogP contribution is -2.51. The maximum atomic E-state index is 14.1. The first-order valence-corrected chi connectivity index (χ1v) is 16.2. The Morgan fingerprint density at radius 1 is 0.979 bits per heavy atom. The van der Waals surface area contributed by atoms with Crippen LogP contribution < -0.4 is 10.6 Å². The van der Waals surface area contributed by atoms with E-state index in [4.69, 9.17) is 0 Å². The van der Waals surface area contributed by atoms with Crippen LogP contribution in [0.1, 0.15) is 90.0 Å². The maximum absolute atomic E-state index is 14.1. The molecule has 0 spiro atoms. The molecule has 1 aromatic heterocycles. The van der Waals surface area contributed by atoms with Gasteiger partial charge in [0, 0.05) is 37.3 Å². The molecule has 2 atom stereocenters. The SMILES string of the molecule is CCCC(CCC)N1CCn2c(C(=O)NC(Cc3cc(F)cc(F)c3)C(O)CNC3(c4cccc(C(F)(F)F)c4)CC3)ccc2C1=O. The third-order valence-electron chi connectivity index (χ3n) is 9.24. The number of carbonyl (C=O) groups excluding carboxylic acids is 2. The maximum Gasteiger partial charge on any atom is 0.416 e. The Labute approximate surface area is 271 Å². The number of rotatable bonds is 14. The van der Waals surface area contributed by atoms with E-state index in [0.717, 1.165) is 56.0 Å². The highest BCUT2D eigenvalue weighted by Crippen LogP contribution is 2.46. The lowest BCUT2D eigenvalue weighted by Gasteiger charge is -2.36. The standard InChI is InChI=1S/C35H41F5N4O3/c1-3-6-27(7-4-2)43-14-15-44-29(10-11-30(44)33(43)47)32(46)42-28(18-22-16-25(36)20-26(37)17-22)31(45)21-41-34(12-13-34)23-8-5-9-24(19-23)35(38,39)40/h5,8-11,16-17,19-20,27-28,31,41,45H,3-4,6-7,12-15,18,21H2,1-2H3,(H,42,46). The Hall–Kier alpha value is -3.77. The molecule has 2 amide bonds. The van der Waals surface area contributed by atoms with Gasteiger partial charge in [-0.2, -0.15) is 13.2 Å². The summed E-state index contributed by atoms with van der Waals surface area (Å²) in [7, 11) is 0. The summed E-state index contributed by atoms with van der Waals surface area (Å²) in [5.41, 5.74) is -0.305. The number of benzene rings is 2. The highest BCUT2D eigenvalue weighted by molar-refractivity contribution is 5.99. The summed E-state index contributed by atoms with van der Waals surface area (Å²) in [5, 5.41) is 17.3. The highest BCUT2D eigenvalue weighted by Gasteiger charge is 2.45. The van der Waals surface area contributed by atoms with Gasteiger partial charge in [-0.1, -0.05) is 38.8 Å². The lowest BCUT2D eigenvalue weighted by atomic mass is 9.98. The van der Waals surface area contributed by atoms with Crippen LogP contribution in [0.15, 0.2) is 54.6 Å². The molecule has 5 rings (SSSR count). The van der Waals surface area contributed by atoms with Crippen molar-refractivity contribution in [3.8, 4) is 0 Å². The number of nitrogens with zero attached hydrogens (tertiary/aromatic N) is 2. The molecule has 0 bridgehead atoms. The molecule has 2 heterocycles. The zero-order chi connectivity index (χ0) is 33.9. The number of fused-ring (bicyclic) bond motifs is 1. The van der Waals surface area contributed by atoms with Gasteiger partial charge in [0.05, 0.1) is 17.7 Å². The predicted molar refractivity (Wildman–Crippen MR) is 167 cm³/mol. The third kappa shape index (κ3) is 7.86. The van der Waals surface area contributed by atoms with Gasteiger partial charge >= 0.3 is 6.18 Å². The lowest BCUT2D eigenvalue weighted by molar-refractivity contribution is -0.137. The third-order valence-corrected chi connectivity index (χ3v) is 9.24. The van der Waals surface area contributed by atoms with Crippen LogP contribution in [0.4, 0.5) is 22.0 Å². The van der Waals surface area contributed by atoms with E-state index >= 15 is 0 Å². The summed E-state index contributed by atoms with van der Waals surface area (Å²) in [6.07, 6.45) is -1.17. The normalized spacial score (nSPS) is 17.0. The first-order chi connectivity index (χ1) is 22.3. The number of hydrogen-bond acceptors (Lipinski definition) is 4. The number of carbonyl (C=O) groups is 2. The summed E-state index contributed by atoms with van der Waals surface area (Å²) >= 11 is 0. The number of aliphatic hydroxyl groups is 1. The smallest absolute Gasteiger partial charge is 0.390 e. The van der Waals surface area contributed by atoms with Crippen molar-refractivity contribution in [3.63, 3.8) is 0 Å². The molecule has 12 heteroatoms. The van der Waals surface area contributed by atoms with E-state index in [-0.39, 0.29) is 36.2 Å². The Morgan fingerprint density at radius 2 is 1.66 bits per heavy atom. The summed E-state index contributed by atoms with van der Waals surface area (Å²) < 4.78 is 69.9. The van der Waals surface area contributed by atoms with Crippen LogP contribution in [0.5, 0.6) is 0 Å². The van der Waals surface area contributed by atoms with Crippen LogP contribution in [0.3, 0.4) is 0 Å². The number of aromatic nitrogens is 1. The van der Waals surface area contributed by atoms with Crippen molar-refractivity contribution in [2.45, 2.75) is 95.2 Å². The molecule has 1 saturated carbocycles. The zero-order valence-electron chi connectivity index (χ0n) is 26.5. The topological polar surface area (TPSA) is 86.6 Å². The van der Waals surface area contributed by atoms with Gasteiger partial charge in [0.2, 0.25) is 0 Å². The molecule has 1 aliphatic carbocycles. The molecule has 0 saturated heterocycles. The van der Waals surface area contributed by atoms with Crippen LogP contribution in [0.2, 0.25) is 0 Å². The largest absolute Gasteiger partial charge is 0.416 e. The van der Waals surface area contributed by atoms with E-state index in [2.05, 4.69) is 24.5 Å². The quantitative estimate of drug-likeness (QED) is 0.180. The summed E-state index contributed by atoms with van der Waals surface area (Å²) in [6, 6.07) is 10.2. The van der Waals surface area contributed by atoms with Crippen LogP contribution in [-0.4, -0.2) is 57.7 Å². The molecule has 2 unspecified atom stereocenters. The average Bonchev–Trinajstić information content (AvgIpc) is 3.68. The molecule has 7 nitrogen and oxygen atoms in total. The van der Waals surface area contributed by atoms with Crippen molar-refractivity contribution in [1.82, 2.24) is 20.1 Å². The number of alkyl halides is 3. The minimum atomic E-state index is -4.51. The zero-order valence-corrected chi connectivity index (χ0v) is 26.5. The second-order valence-corrected chi connectivity index (χ2v) is 12.7. The molecular weight excluding hydrogens is 619 g/mol. The van der Waals surface area contributed by atoms with Crippen LogP contribution in [0.25, 0.3) is 0 Å². The van der Waals surface area contributed by atoms with Crippen molar-refractivity contribution in [2.24, 2.45) is 0 Å². The van der Waals surface area contributed by atoms with E-state index in [1.807, 2.05) is 4.90 Å². The molecule has 2 aliphatic rings. The van der Waals surface area contributed by atoms with Gasteiger partial charge in [-0.15, -0.1) is 0 Å². The average molecular weight is 661 g/mol. The minimum Gasteiger partial charge on any atom is -0.390 e. The summed E-state index contributed by atoms with van der Waals surface area (Å²) in [6.45, 7) is 4.90. The fourth-order valence-electron chi connectivity index (χ4n) is 6.66. The van der Waals surface area contributed by atoms with E-state index < -0.39 is 47.0 Å². The van der Waals surface area contributed by atoms with Gasteiger partial charge in [0.15, 0.2) is 0 Å². The van der Waals surface area contributed by atoms with Crippen molar-refractivity contribution in [2.75, 3.05) is 13.1 Å². The molecule has 254 valence electrons. The highest BCUT2D eigenvalue weighted by atomic mass is 19.4. The van der Waals surface area contributed by atoms with Crippen molar-refractivity contribution in [3.05, 3.63) is 94.3 Å². The van der Waals surface area contributed by atoms with Gasteiger partial charge in [-0.25, -0.2) is 8.78 Å². The van der Waals surface area contributed by atoms with Gasteiger partial charge in [0.25, 0.3) is 11.8 Å². The van der Waals surface area contributed by atoms with Gasteiger partial charge in [-0.05, 0) is 79.6 Å². The van der Waals surface area contributed by atoms with E-state index in [9.17, 15) is 36.6 Å². The number of aliphatic hydroxyl groups excluding tert-OH is 1. The number of amides is 2. The van der Waals surface area contributed by atoms with Crippen LogP contribution in [-0.2, 0) is 24.7 Å². The Morgan fingerprint density at radius 3 is 2.28 bits per heavy atom. The Balaban J connectivity index is 1.34. The number of halogens is 5. The molecule has 3 N–H and O–H groups in total. The van der Waals surface area contributed by atoms with E-state index in [1.165, 1.54) is 6.07 Å². The van der Waals surface area contributed by atoms with E-state index in [0.29, 0.717) is 37.2 Å². The fraction of sp³-hybridized carbons (Fsp3) is 0.486. The minimum absolute atomic E-state index is 0.114. The predicted octanol–water partition coefficient (Wildman–Crippen LogP) is 6.19. The molecular formula is C35H41F5N4O3. The second kappa shape index (κ2) is 14.1. The van der Waals surface area contributed by atoms with Crippen LogP contribution in [0, 0.1) is 11.6 Å².